The molecule has 73 heavy (non-hydrogen) atoms. The average molecular weight is 1120 g/mol. The number of carbonyl (C=O) groups is 4. The molecule has 0 amide bonds. The molecule has 0 aliphatic carbocycles. The van der Waals surface area contributed by atoms with E-state index in [1.165, 1.54) is 204 Å². The zero-order valence-electron chi connectivity index (χ0n) is 47.0. The molecule has 0 spiro atoms. The van der Waals surface area contributed by atoms with Gasteiger partial charge in [-0.3, -0.25) is 0 Å². The molecule has 0 aliphatic heterocycles. The van der Waals surface area contributed by atoms with Crippen LogP contribution in [-0.2, 0) is 9.47 Å². The Bertz CT molecular complexity index is 1470. The second-order valence-electron chi connectivity index (χ2n) is 18.9. The number of allylic oxidation sites excluding steroid dienone is 4. The van der Waals surface area contributed by atoms with Crippen LogP contribution in [0.2, 0.25) is 0 Å². The third-order valence-electron chi connectivity index (χ3n) is 12.2. The van der Waals surface area contributed by atoms with Crippen molar-refractivity contribution >= 4 is 47.8 Å². The molecule has 4 radical (unpaired) electrons. The van der Waals surface area contributed by atoms with E-state index in [9.17, 15) is 29.4 Å². The van der Waals surface area contributed by atoms with Crippen molar-refractivity contribution in [2.75, 3.05) is 13.2 Å². The first kappa shape index (κ1) is 73.8. The van der Waals surface area contributed by atoms with E-state index >= 15 is 0 Å². The van der Waals surface area contributed by atoms with E-state index < -0.39 is 23.9 Å². The first-order valence-electron chi connectivity index (χ1n) is 29.0. The smallest absolute Gasteiger partial charge is 0.545 e. The number of carboxylic acid groups (broad SMARTS) is 2. The van der Waals surface area contributed by atoms with Gasteiger partial charge in [-0.1, -0.05) is 282 Å². The normalized spacial score (nSPS) is 10.6. The number of unbranched alkanes of at least 4 members (excludes halogenated alkanes) is 30. The van der Waals surface area contributed by atoms with E-state index in [1.54, 1.807) is 24.3 Å². The molecular formula is C64H104O8Sn. The van der Waals surface area contributed by atoms with Gasteiger partial charge in [-0.2, -0.15) is 0 Å². The molecule has 2 aromatic rings. The maximum atomic E-state index is 12.0. The molecule has 9 heteroatoms. The molecule has 0 fully saturated rings. The minimum absolute atomic E-state index is 0. The maximum Gasteiger partial charge on any atom is 2.00 e. The van der Waals surface area contributed by atoms with Crippen LogP contribution in [0.1, 0.15) is 300 Å². The molecule has 412 valence electrons. The van der Waals surface area contributed by atoms with Gasteiger partial charge >= 0.3 is 35.8 Å². The van der Waals surface area contributed by atoms with Gasteiger partial charge in [0.05, 0.1) is 36.3 Å². The van der Waals surface area contributed by atoms with E-state index in [2.05, 4.69) is 65.8 Å². The number of rotatable bonds is 42. The summed E-state index contributed by atoms with van der Waals surface area (Å²) in [7, 11) is 0. The first-order chi connectivity index (χ1) is 35.2. The van der Waals surface area contributed by atoms with Crippen LogP contribution >= 0.6 is 0 Å². The van der Waals surface area contributed by atoms with Gasteiger partial charge in [0.2, 0.25) is 0 Å². The largest absolute Gasteiger partial charge is 2.00 e. The molecule has 0 saturated carbocycles. The molecule has 0 atom stereocenters. The molecule has 2 aromatic carbocycles. The second-order valence-corrected chi connectivity index (χ2v) is 18.9. The van der Waals surface area contributed by atoms with Crippen molar-refractivity contribution in [2.45, 2.75) is 259 Å². The van der Waals surface area contributed by atoms with E-state index in [-0.39, 0.29) is 46.2 Å². The van der Waals surface area contributed by atoms with Gasteiger partial charge in [0.15, 0.2) is 0 Å². The van der Waals surface area contributed by atoms with Gasteiger partial charge in [-0.05, 0) is 63.5 Å². The van der Waals surface area contributed by atoms with E-state index in [1.807, 2.05) is 0 Å². The van der Waals surface area contributed by atoms with Crippen LogP contribution in [0, 0.1) is 13.8 Å². The fourth-order valence-electron chi connectivity index (χ4n) is 7.69. The van der Waals surface area contributed by atoms with Gasteiger partial charge in [0.25, 0.3) is 0 Å². The molecular weight excluding hydrogens is 1020 g/mol. The molecule has 0 aliphatic rings. The number of hydrogen-bond donors (Lipinski definition) is 0. The monoisotopic (exact) mass is 1120 g/mol. The molecule has 2 rings (SSSR count). The summed E-state index contributed by atoms with van der Waals surface area (Å²) in [4.78, 5) is 46.0. The summed E-state index contributed by atoms with van der Waals surface area (Å²) < 4.78 is 10.4. The minimum Gasteiger partial charge on any atom is -0.545 e. The quantitative estimate of drug-likeness (QED) is 0.0278. The Morgan fingerprint density at radius 1 is 0.370 bits per heavy atom. The predicted octanol–water partition coefficient (Wildman–Crippen LogP) is 16.9. The van der Waals surface area contributed by atoms with Crippen LogP contribution in [0.5, 0.6) is 0 Å². The molecule has 0 heterocycles. The summed E-state index contributed by atoms with van der Waals surface area (Å²) in [5.74, 6) is -3.91. The number of carboxylic acids is 2. The number of carbonyl (C=O) groups excluding carboxylic acids is 4. The zero-order valence-corrected chi connectivity index (χ0v) is 49.8. The number of esters is 2. The number of aromatic carboxylic acids is 2. The van der Waals surface area contributed by atoms with E-state index in [0.29, 0.717) is 13.2 Å². The third-order valence-corrected chi connectivity index (χ3v) is 12.2. The van der Waals surface area contributed by atoms with Crippen LogP contribution in [0.4, 0.5) is 0 Å². The van der Waals surface area contributed by atoms with Crippen LogP contribution in [0.15, 0.2) is 72.8 Å². The predicted molar refractivity (Wildman–Crippen MR) is 306 cm³/mol. The van der Waals surface area contributed by atoms with Crippen molar-refractivity contribution in [2.24, 2.45) is 0 Å². The second kappa shape index (κ2) is 59.5. The maximum absolute atomic E-state index is 12.0. The molecule has 0 bridgehead atoms. The Morgan fingerprint density at radius 3 is 0.904 bits per heavy atom. The van der Waals surface area contributed by atoms with Crippen molar-refractivity contribution in [1.29, 1.82) is 0 Å². The van der Waals surface area contributed by atoms with E-state index in [4.69, 9.17) is 9.47 Å². The Labute approximate surface area is 465 Å². The Morgan fingerprint density at radius 2 is 0.616 bits per heavy atom. The van der Waals surface area contributed by atoms with Gasteiger partial charge in [-0.15, -0.1) is 0 Å². The third kappa shape index (κ3) is 49.3. The minimum atomic E-state index is -1.36. The van der Waals surface area contributed by atoms with Crippen molar-refractivity contribution < 1.29 is 38.9 Å². The SMILES string of the molecule is CCCC/C=C/CCCCCCCCCCOC(=O)c1ccccc1C(=O)[O-].CCCC/C=C/CCCCCCCCCCOC(=O)c1ccccc1C(=O)[O-].[CH2]CCCCCCC.[CH2]CCCCCCC.[Sn+2]. The summed E-state index contributed by atoms with van der Waals surface area (Å²) in [5, 5.41) is 22.0. The number of ether oxygens (including phenoxy) is 2. The average Bonchev–Trinajstić information content (AvgIpc) is 3.39. The fraction of sp³-hybridized carbons (Fsp3) is 0.656. The fourth-order valence-corrected chi connectivity index (χ4v) is 7.69. The Kier molecular flexibility index (Phi) is 60.2. The summed E-state index contributed by atoms with van der Waals surface area (Å²) in [6, 6.07) is 12.0. The number of hydrogen-bond acceptors (Lipinski definition) is 8. The first-order valence-corrected chi connectivity index (χ1v) is 29.0. The summed E-state index contributed by atoms with van der Waals surface area (Å²) in [6.07, 6.45) is 53.8. The molecule has 0 unspecified atom stereocenters. The van der Waals surface area contributed by atoms with Gasteiger partial charge in [0.1, 0.15) is 0 Å². The van der Waals surface area contributed by atoms with Gasteiger partial charge in [-0.25, -0.2) is 9.59 Å². The summed E-state index contributed by atoms with van der Waals surface area (Å²) in [6.45, 7) is 17.1. The molecule has 8 nitrogen and oxygen atoms in total. The Hall–Kier alpha value is -3.40. The van der Waals surface area contributed by atoms with Crippen molar-refractivity contribution in [3.63, 3.8) is 0 Å². The van der Waals surface area contributed by atoms with Crippen LogP contribution in [0.3, 0.4) is 0 Å². The standard InChI is InChI=1S/2C24H36O4.2C8H17.Sn/c2*1-2-3-4-5-6-7-8-9-10-11-12-13-14-17-20-28-24(27)22-19-16-15-18-21(22)23(25)26;2*1-3-5-7-8-6-4-2;/h2*5-6,15-16,18-19H,2-4,7-14,17,20H2,1H3,(H,25,26);2*1,3-8H2,2H3;/q;;;;+2/p-2/b2*6-5+;;;. The van der Waals surface area contributed by atoms with Crippen LogP contribution in [-0.4, -0.2) is 61.0 Å². The summed E-state index contributed by atoms with van der Waals surface area (Å²) in [5.41, 5.74) is -0.127. The van der Waals surface area contributed by atoms with E-state index in [0.717, 1.165) is 51.4 Å². The van der Waals surface area contributed by atoms with Crippen molar-refractivity contribution in [3.05, 3.63) is 109 Å². The number of benzene rings is 2. The molecule has 0 N–H and O–H groups in total. The summed E-state index contributed by atoms with van der Waals surface area (Å²) >= 11 is 0. The van der Waals surface area contributed by atoms with Crippen molar-refractivity contribution in [1.82, 2.24) is 0 Å². The van der Waals surface area contributed by atoms with Gasteiger partial charge in [0, 0.05) is 11.1 Å². The zero-order chi connectivity index (χ0) is 53.4. The van der Waals surface area contributed by atoms with Gasteiger partial charge < -0.3 is 29.3 Å². The molecule has 0 saturated heterocycles. The van der Waals surface area contributed by atoms with Crippen LogP contribution in [0.25, 0.3) is 0 Å². The molecule has 0 aromatic heterocycles. The van der Waals surface area contributed by atoms with Crippen LogP contribution < -0.4 is 10.2 Å². The topological polar surface area (TPSA) is 133 Å². The Balaban J connectivity index is -0.00000102. The van der Waals surface area contributed by atoms with Crippen molar-refractivity contribution in [3.8, 4) is 0 Å².